The molecule has 0 saturated carbocycles. The summed E-state index contributed by atoms with van der Waals surface area (Å²) < 4.78 is 2.34. The summed E-state index contributed by atoms with van der Waals surface area (Å²) in [5.74, 6) is 0. The Kier molecular flexibility index (Phi) is 3.71. The van der Waals surface area contributed by atoms with Crippen molar-refractivity contribution >= 4 is 39.0 Å². The van der Waals surface area contributed by atoms with E-state index in [4.69, 9.17) is 5.73 Å². The summed E-state index contributed by atoms with van der Waals surface area (Å²) in [4.78, 5) is 4.60. The van der Waals surface area contributed by atoms with Crippen molar-refractivity contribution in [3.05, 3.63) is 18.2 Å². The van der Waals surface area contributed by atoms with Gasteiger partial charge in [-0.3, -0.25) is 0 Å². The van der Waals surface area contributed by atoms with Crippen molar-refractivity contribution in [2.45, 2.75) is 36.3 Å². The Labute approximate surface area is 104 Å². The lowest BCUT2D eigenvalue weighted by molar-refractivity contribution is 0.787. The Morgan fingerprint density at radius 2 is 2.31 bits per heavy atom. The van der Waals surface area contributed by atoms with Crippen LogP contribution in [-0.2, 0) is 0 Å². The fourth-order valence-electron chi connectivity index (χ4n) is 1.61. The van der Waals surface area contributed by atoms with Crippen molar-refractivity contribution < 1.29 is 0 Å². The molecule has 1 unspecified atom stereocenters. The van der Waals surface area contributed by atoms with Gasteiger partial charge in [0.2, 0.25) is 0 Å². The number of fused-ring (bicyclic) bond motifs is 1. The van der Waals surface area contributed by atoms with Gasteiger partial charge in [-0.25, -0.2) is 4.98 Å². The largest absolute Gasteiger partial charge is 0.399 e. The Morgan fingerprint density at radius 3 is 3.06 bits per heavy atom. The molecule has 1 aromatic heterocycles. The van der Waals surface area contributed by atoms with Gasteiger partial charge >= 0.3 is 0 Å². The number of aromatic nitrogens is 1. The molecule has 2 aromatic rings. The van der Waals surface area contributed by atoms with E-state index in [0.717, 1.165) is 15.5 Å². The maximum atomic E-state index is 5.75. The number of nitrogens with two attached hydrogens (primary N) is 1. The van der Waals surface area contributed by atoms with Gasteiger partial charge in [-0.05, 0) is 24.6 Å². The van der Waals surface area contributed by atoms with E-state index in [9.17, 15) is 0 Å². The van der Waals surface area contributed by atoms with Crippen LogP contribution in [0.15, 0.2) is 22.5 Å². The van der Waals surface area contributed by atoms with Crippen LogP contribution in [0, 0.1) is 0 Å². The number of hydrogen-bond acceptors (Lipinski definition) is 4. The number of hydrogen-bond donors (Lipinski definition) is 1. The number of benzene rings is 1. The molecule has 0 aliphatic heterocycles. The Morgan fingerprint density at radius 1 is 1.50 bits per heavy atom. The minimum absolute atomic E-state index is 0.642. The van der Waals surface area contributed by atoms with Crippen LogP contribution in [0.25, 0.3) is 10.2 Å². The Bertz CT molecular complexity index is 479. The van der Waals surface area contributed by atoms with E-state index in [1.807, 2.05) is 30.0 Å². The summed E-state index contributed by atoms with van der Waals surface area (Å²) in [7, 11) is 0. The van der Waals surface area contributed by atoms with Crippen LogP contribution in [0.5, 0.6) is 0 Å². The first-order chi connectivity index (χ1) is 7.69. The highest BCUT2D eigenvalue weighted by Crippen LogP contribution is 2.33. The van der Waals surface area contributed by atoms with Crippen molar-refractivity contribution in [3.8, 4) is 0 Å². The van der Waals surface area contributed by atoms with Crippen LogP contribution in [0.4, 0.5) is 5.69 Å². The summed E-state index contributed by atoms with van der Waals surface area (Å²) in [5, 5.41) is 0.642. The number of anilines is 1. The van der Waals surface area contributed by atoms with Crippen molar-refractivity contribution in [1.29, 1.82) is 0 Å². The van der Waals surface area contributed by atoms with Crippen LogP contribution in [0.3, 0.4) is 0 Å². The van der Waals surface area contributed by atoms with Gasteiger partial charge in [0.25, 0.3) is 0 Å². The predicted octanol–water partition coefficient (Wildman–Crippen LogP) is 4.16. The zero-order valence-electron chi connectivity index (χ0n) is 9.56. The minimum atomic E-state index is 0.642. The molecule has 0 bridgehead atoms. The lowest BCUT2D eigenvalue weighted by atomic mass is 10.3. The molecule has 2 nitrogen and oxygen atoms in total. The van der Waals surface area contributed by atoms with E-state index in [0.29, 0.717) is 5.25 Å². The normalized spacial score (nSPS) is 13.1. The third-order valence-corrected chi connectivity index (χ3v) is 4.67. The molecule has 1 heterocycles. The van der Waals surface area contributed by atoms with Gasteiger partial charge in [-0.15, -0.1) is 11.3 Å². The summed E-state index contributed by atoms with van der Waals surface area (Å²) in [6.07, 6.45) is 2.47. The maximum absolute atomic E-state index is 5.75. The molecule has 4 heteroatoms. The molecule has 0 aliphatic carbocycles. The van der Waals surface area contributed by atoms with Crippen molar-refractivity contribution in [3.63, 3.8) is 0 Å². The van der Waals surface area contributed by atoms with Crippen molar-refractivity contribution in [2.75, 3.05) is 5.73 Å². The summed E-state index contributed by atoms with van der Waals surface area (Å²) in [5.41, 5.74) is 7.63. The lowest BCUT2D eigenvalue weighted by Crippen LogP contribution is -1.93. The highest BCUT2D eigenvalue weighted by molar-refractivity contribution is 8.01. The molecule has 86 valence electrons. The number of nitrogens with zero attached hydrogens (tertiary/aromatic N) is 1. The molecule has 2 N–H and O–H groups in total. The second-order valence-electron chi connectivity index (χ2n) is 3.92. The first-order valence-electron chi connectivity index (χ1n) is 5.51. The fraction of sp³-hybridized carbons (Fsp3) is 0.417. The zero-order chi connectivity index (χ0) is 11.5. The molecule has 0 fully saturated rings. The zero-order valence-corrected chi connectivity index (χ0v) is 11.2. The molecule has 0 aliphatic rings. The molecule has 0 radical (unpaired) electrons. The monoisotopic (exact) mass is 252 g/mol. The average Bonchev–Trinajstić information content (AvgIpc) is 2.59. The number of rotatable bonds is 4. The quantitative estimate of drug-likeness (QED) is 0.656. The summed E-state index contributed by atoms with van der Waals surface area (Å²) >= 11 is 3.60. The van der Waals surface area contributed by atoms with Crippen LogP contribution in [0.2, 0.25) is 0 Å². The van der Waals surface area contributed by atoms with Gasteiger partial charge in [0.15, 0.2) is 4.34 Å². The second kappa shape index (κ2) is 5.06. The topological polar surface area (TPSA) is 38.9 Å². The van der Waals surface area contributed by atoms with Crippen LogP contribution in [-0.4, -0.2) is 10.2 Å². The van der Waals surface area contributed by atoms with Crippen LogP contribution >= 0.6 is 23.1 Å². The molecule has 1 atom stereocenters. The van der Waals surface area contributed by atoms with Gasteiger partial charge in [-0.1, -0.05) is 32.0 Å². The molecule has 0 saturated heterocycles. The van der Waals surface area contributed by atoms with Gasteiger partial charge in [0.05, 0.1) is 10.2 Å². The number of thioether (sulfide) groups is 1. The minimum Gasteiger partial charge on any atom is -0.399 e. The first-order valence-corrected chi connectivity index (χ1v) is 7.21. The van der Waals surface area contributed by atoms with E-state index in [1.165, 1.54) is 17.5 Å². The second-order valence-corrected chi connectivity index (χ2v) is 6.64. The molecule has 0 spiro atoms. The van der Waals surface area contributed by atoms with Crippen molar-refractivity contribution in [2.24, 2.45) is 0 Å². The molecule has 1 aromatic carbocycles. The van der Waals surface area contributed by atoms with E-state index in [1.54, 1.807) is 11.3 Å². The summed E-state index contributed by atoms with van der Waals surface area (Å²) in [6, 6.07) is 5.91. The van der Waals surface area contributed by atoms with E-state index >= 15 is 0 Å². The lowest BCUT2D eigenvalue weighted by Gasteiger charge is -2.05. The molecule has 0 amide bonds. The third-order valence-electron chi connectivity index (χ3n) is 2.39. The van der Waals surface area contributed by atoms with Gasteiger partial charge in [-0.2, -0.15) is 0 Å². The maximum Gasteiger partial charge on any atom is 0.151 e. The highest BCUT2D eigenvalue weighted by Gasteiger charge is 2.08. The van der Waals surface area contributed by atoms with Gasteiger partial charge < -0.3 is 5.73 Å². The first kappa shape index (κ1) is 11.7. The van der Waals surface area contributed by atoms with Crippen molar-refractivity contribution in [1.82, 2.24) is 4.98 Å². The third kappa shape index (κ3) is 2.68. The van der Waals surface area contributed by atoms with Crippen LogP contribution < -0.4 is 5.73 Å². The standard InChI is InChI=1S/C12H16N2S2/c1-3-4-8(2)15-12-14-10-6-5-9(13)7-11(10)16-12/h5-8H,3-4,13H2,1-2H3. The highest BCUT2D eigenvalue weighted by atomic mass is 32.2. The molecular formula is C12H16N2S2. The summed E-state index contributed by atoms with van der Waals surface area (Å²) in [6.45, 7) is 4.48. The molecule has 16 heavy (non-hydrogen) atoms. The Balaban J connectivity index is 2.19. The molecular weight excluding hydrogens is 236 g/mol. The van der Waals surface area contributed by atoms with E-state index in [2.05, 4.69) is 18.8 Å². The van der Waals surface area contributed by atoms with E-state index < -0.39 is 0 Å². The van der Waals surface area contributed by atoms with Gasteiger partial charge in [0, 0.05) is 10.9 Å². The number of thiazole rings is 1. The predicted molar refractivity (Wildman–Crippen MR) is 74.3 cm³/mol. The fourth-order valence-corrected chi connectivity index (χ4v) is 4.16. The van der Waals surface area contributed by atoms with E-state index in [-0.39, 0.29) is 0 Å². The molecule has 2 rings (SSSR count). The number of nitrogen functional groups attached to an aromatic ring is 1. The SMILES string of the molecule is CCCC(C)Sc1nc2ccc(N)cc2s1. The Hall–Kier alpha value is -0.740. The van der Waals surface area contributed by atoms with Gasteiger partial charge in [0.1, 0.15) is 0 Å². The van der Waals surface area contributed by atoms with Crippen LogP contribution in [0.1, 0.15) is 26.7 Å². The average molecular weight is 252 g/mol. The smallest absolute Gasteiger partial charge is 0.151 e.